The molecule has 1 heterocycles. The van der Waals surface area contributed by atoms with E-state index < -0.39 is 0 Å². The van der Waals surface area contributed by atoms with Crippen LogP contribution >= 0.6 is 0 Å². The molecule has 2 N–H and O–H groups in total. The third-order valence-electron chi connectivity index (χ3n) is 5.10. The molecule has 0 aliphatic heterocycles. The average Bonchev–Trinajstić information content (AvgIpc) is 2.73. The highest BCUT2D eigenvalue weighted by Gasteiger charge is 2.33. The summed E-state index contributed by atoms with van der Waals surface area (Å²) in [6.07, 6.45) is 7.07. The quantitative estimate of drug-likeness (QED) is 0.878. The largest absolute Gasteiger partial charge is 0.384 e. The molecule has 19 heavy (non-hydrogen) atoms. The minimum atomic E-state index is 0.412. The van der Waals surface area contributed by atoms with E-state index in [-0.39, 0.29) is 0 Å². The molecule has 0 bridgehead atoms. The van der Waals surface area contributed by atoms with Gasteiger partial charge in [-0.3, -0.25) is 0 Å². The molecule has 0 saturated heterocycles. The number of aromatic nitrogens is 2. The summed E-state index contributed by atoms with van der Waals surface area (Å²) in [5.41, 5.74) is 9.33. The summed E-state index contributed by atoms with van der Waals surface area (Å²) in [7, 11) is 0. The predicted octanol–water partition coefficient (Wildman–Crippen LogP) is 3.81. The van der Waals surface area contributed by atoms with Crippen LogP contribution in [0.15, 0.2) is 0 Å². The fraction of sp³-hybridized carbons (Fsp3) is 0.812. The predicted molar refractivity (Wildman–Crippen MR) is 81.1 cm³/mol. The summed E-state index contributed by atoms with van der Waals surface area (Å²) in [6.45, 7) is 10.3. The first-order valence-corrected chi connectivity index (χ1v) is 7.83. The van der Waals surface area contributed by atoms with E-state index >= 15 is 0 Å². The number of nitrogens with two attached hydrogens (primary N) is 1. The van der Waals surface area contributed by atoms with E-state index in [9.17, 15) is 0 Å². The molecule has 1 aromatic heterocycles. The summed E-state index contributed by atoms with van der Waals surface area (Å²) >= 11 is 0. The van der Waals surface area contributed by atoms with Gasteiger partial charge in [-0.05, 0) is 37.0 Å². The number of hydrogen-bond donors (Lipinski definition) is 1. The molecule has 1 aliphatic rings. The lowest BCUT2D eigenvalue weighted by Gasteiger charge is -2.36. The zero-order valence-electron chi connectivity index (χ0n) is 13.0. The van der Waals surface area contributed by atoms with Gasteiger partial charge >= 0.3 is 0 Å². The van der Waals surface area contributed by atoms with Gasteiger partial charge in [-0.2, -0.15) is 5.10 Å². The summed E-state index contributed by atoms with van der Waals surface area (Å²) in [5.74, 6) is 1.68. The second-order valence-corrected chi connectivity index (χ2v) is 6.67. The second kappa shape index (κ2) is 5.56. The monoisotopic (exact) mass is 263 g/mol. The number of fused-ring (bicyclic) bond motifs is 1. The summed E-state index contributed by atoms with van der Waals surface area (Å²) in [4.78, 5) is 0. The number of rotatable bonds is 5. The van der Waals surface area contributed by atoms with Gasteiger partial charge in [0, 0.05) is 12.1 Å². The van der Waals surface area contributed by atoms with Crippen molar-refractivity contribution >= 4 is 5.82 Å². The van der Waals surface area contributed by atoms with E-state index in [2.05, 4.69) is 27.7 Å². The van der Waals surface area contributed by atoms with Crippen LogP contribution in [0.2, 0.25) is 0 Å². The van der Waals surface area contributed by atoms with E-state index in [1.54, 1.807) is 0 Å². The van der Waals surface area contributed by atoms with Crippen LogP contribution in [0.3, 0.4) is 0 Å². The van der Waals surface area contributed by atoms with Crippen LogP contribution in [-0.4, -0.2) is 9.78 Å². The number of aryl methyl sites for hydroxylation is 2. The minimum absolute atomic E-state index is 0.412. The highest BCUT2D eigenvalue weighted by atomic mass is 15.3. The molecule has 1 unspecified atom stereocenters. The maximum Gasteiger partial charge on any atom is 0.125 e. The van der Waals surface area contributed by atoms with Crippen molar-refractivity contribution < 1.29 is 0 Å². The van der Waals surface area contributed by atoms with Crippen LogP contribution in [-0.2, 0) is 19.4 Å². The first kappa shape index (κ1) is 14.4. The van der Waals surface area contributed by atoms with Crippen molar-refractivity contribution in [2.75, 3.05) is 5.73 Å². The lowest BCUT2D eigenvalue weighted by atomic mass is 9.69. The van der Waals surface area contributed by atoms with Crippen LogP contribution in [0.4, 0.5) is 5.82 Å². The summed E-state index contributed by atoms with van der Waals surface area (Å²) < 4.78 is 2.04. The third-order valence-corrected chi connectivity index (χ3v) is 5.10. The SMILES string of the molecule is CCCCn1nc2c(c1N)CC(C(C)(C)CC)CC2. The second-order valence-electron chi connectivity index (χ2n) is 6.67. The van der Waals surface area contributed by atoms with Crippen molar-refractivity contribution in [3.05, 3.63) is 11.3 Å². The Hall–Kier alpha value is -0.990. The molecule has 0 saturated carbocycles. The number of anilines is 1. The summed E-state index contributed by atoms with van der Waals surface area (Å²) in [5, 5.41) is 4.72. The third kappa shape index (κ3) is 2.80. The molecule has 1 aromatic rings. The smallest absolute Gasteiger partial charge is 0.125 e. The van der Waals surface area contributed by atoms with E-state index in [0.29, 0.717) is 5.41 Å². The van der Waals surface area contributed by atoms with Gasteiger partial charge in [0.1, 0.15) is 5.82 Å². The molecule has 3 heteroatoms. The molecule has 108 valence electrons. The van der Waals surface area contributed by atoms with Crippen LogP contribution in [0.5, 0.6) is 0 Å². The van der Waals surface area contributed by atoms with Crippen molar-refractivity contribution in [3.8, 4) is 0 Å². The topological polar surface area (TPSA) is 43.8 Å². The van der Waals surface area contributed by atoms with Gasteiger partial charge in [0.05, 0.1) is 5.69 Å². The van der Waals surface area contributed by atoms with Crippen molar-refractivity contribution in [3.63, 3.8) is 0 Å². The molecule has 3 nitrogen and oxygen atoms in total. The number of unbranched alkanes of at least 4 members (excludes halogenated alkanes) is 1. The molecule has 0 aromatic carbocycles. The maximum atomic E-state index is 6.31. The summed E-state index contributed by atoms with van der Waals surface area (Å²) in [6, 6.07) is 0. The zero-order valence-corrected chi connectivity index (χ0v) is 13.0. The van der Waals surface area contributed by atoms with Crippen molar-refractivity contribution in [2.24, 2.45) is 11.3 Å². The van der Waals surface area contributed by atoms with Crippen LogP contribution in [0, 0.1) is 11.3 Å². The van der Waals surface area contributed by atoms with Gasteiger partial charge in [0.25, 0.3) is 0 Å². The van der Waals surface area contributed by atoms with Crippen molar-refractivity contribution in [1.82, 2.24) is 9.78 Å². The van der Waals surface area contributed by atoms with Crippen LogP contribution < -0.4 is 5.73 Å². The molecular formula is C16H29N3. The molecule has 2 rings (SSSR count). The highest BCUT2D eigenvalue weighted by molar-refractivity contribution is 5.45. The van der Waals surface area contributed by atoms with E-state index in [4.69, 9.17) is 10.8 Å². The Bertz CT molecular complexity index is 431. The number of hydrogen-bond acceptors (Lipinski definition) is 2. The van der Waals surface area contributed by atoms with Gasteiger partial charge in [0.15, 0.2) is 0 Å². The minimum Gasteiger partial charge on any atom is -0.384 e. The molecule has 0 spiro atoms. The standard InChI is InChI=1S/C16H29N3/c1-5-7-10-19-15(17)13-11-12(16(3,4)6-2)8-9-14(13)18-19/h12H,5-11,17H2,1-4H3. The first-order valence-electron chi connectivity index (χ1n) is 7.83. The van der Waals surface area contributed by atoms with E-state index in [0.717, 1.165) is 37.5 Å². The lowest BCUT2D eigenvalue weighted by molar-refractivity contribution is 0.183. The van der Waals surface area contributed by atoms with Gasteiger partial charge in [-0.1, -0.05) is 40.5 Å². The Labute approximate surface area is 117 Å². The Balaban J connectivity index is 2.18. The van der Waals surface area contributed by atoms with Crippen LogP contribution in [0.25, 0.3) is 0 Å². The molecule has 0 amide bonds. The molecule has 1 atom stereocenters. The van der Waals surface area contributed by atoms with Crippen molar-refractivity contribution in [2.45, 2.75) is 72.8 Å². The van der Waals surface area contributed by atoms with Crippen LogP contribution in [0.1, 0.15) is 64.6 Å². The average molecular weight is 263 g/mol. The van der Waals surface area contributed by atoms with Gasteiger partial charge in [0.2, 0.25) is 0 Å². The van der Waals surface area contributed by atoms with Crippen molar-refractivity contribution in [1.29, 1.82) is 0 Å². The lowest BCUT2D eigenvalue weighted by Crippen LogP contribution is -2.29. The molecule has 0 radical (unpaired) electrons. The molecule has 1 aliphatic carbocycles. The zero-order chi connectivity index (χ0) is 14.0. The normalized spacial score (nSPS) is 19.5. The Kier molecular flexibility index (Phi) is 4.22. The Morgan fingerprint density at radius 2 is 2.11 bits per heavy atom. The maximum absolute atomic E-state index is 6.31. The van der Waals surface area contributed by atoms with E-state index in [1.165, 1.54) is 30.5 Å². The molecular weight excluding hydrogens is 234 g/mol. The molecule has 0 fully saturated rings. The van der Waals surface area contributed by atoms with Gasteiger partial charge in [-0.15, -0.1) is 0 Å². The Morgan fingerprint density at radius 1 is 1.37 bits per heavy atom. The first-order chi connectivity index (χ1) is 8.99. The number of nitrogen functional groups attached to an aromatic ring is 1. The highest BCUT2D eigenvalue weighted by Crippen LogP contribution is 2.41. The van der Waals surface area contributed by atoms with E-state index in [1.807, 2.05) is 4.68 Å². The fourth-order valence-electron chi connectivity index (χ4n) is 3.08. The fourth-order valence-corrected chi connectivity index (χ4v) is 3.08. The van der Waals surface area contributed by atoms with Gasteiger partial charge in [-0.25, -0.2) is 4.68 Å². The number of nitrogens with zero attached hydrogens (tertiary/aromatic N) is 2. The Morgan fingerprint density at radius 3 is 2.74 bits per heavy atom. The van der Waals surface area contributed by atoms with Gasteiger partial charge < -0.3 is 5.73 Å².